The first-order valence-electron chi connectivity index (χ1n) is 7.00. The third-order valence-corrected chi connectivity index (χ3v) is 4.16. The second kappa shape index (κ2) is 11.6. The molecule has 0 rings (SSSR count). The van der Waals surface area contributed by atoms with Crippen LogP contribution in [-0.2, 0) is 14.3 Å². The van der Waals surface area contributed by atoms with E-state index in [1.807, 2.05) is 18.7 Å². The van der Waals surface area contributed by atoms with Crippen LogP contribution in [0.25, 0.3) is 0 Å². The van der Waals surface area contributed by atoms with E-state index in [0.29, 0.717) is 0 Å². The van der Waals surface area contributed by atoms with E-state index in [1.54, 1.807) is 7.11 Å². The first kappa shape index (κ1) is 18.7. The van der Waals surface area contributed by atoms with Gasteiger partial charge in [0.2, 0.25) is 0 Å². The largest absolute Gasteiger partial charge is 0.468 e. The first-order chi connectivity index (χ1) is 9.10. The number of methoxy groups -OCH3 is 2. The molecule has 0 spiro atoms. The Morgan fingerprint density at radius 3 is 2.53 bits per heavy atom. The molecule has 0 heterocycles. The fourth-order valence-corrected chi connectivity index (χ4v) is 2.70. The van der Waals surface area contributed by atoms with Crippen LogP contribution in [0, 0.1) is 0 Å². The minimum Gasteiger partial charge on any atom is -0.468 e. The van der Waals surface area contributed by atoms with Crippen molar-refractivity contribution >= 4 is 17.7 Å². The molecule has 0 aromatic heterocycles. The molecule has 0 aliphatic carbocycles. The molecule has 0 saturated carbocycles. The number of hydrogen-bond donors (Lipinski definition) is 1. The fourth-order valence-electron chi connectivity index (χ4n) is 1.82. The van der Waals surface area contributed by atoms with Gasteiger partial charge in [0.15, 0.2) is 0 Å². The smallest absolute Gasteiger partial charge is 0.325 e. The summed E-state index contributed by atoms with van der Waals surface area (Å²) in [5.74, 6) is 2.03. The van der Waals surface area contributed by atoms with Crippen LogP contribution in [0.3, 0.4) is 0 Å². The fraction of sp³-hybridized carbons (Fsp3) is 0.929. The summed E-state index contributed by atoms with van der Waals surface area (Å²) in [7, 11) is 3.18. The van der Waals surface area contributed by atoms with Gasteiger partial charge in [0, 0.05) is 13.7 Å². The monoisotopic (exact) mass is 291 g/mol. The zero-order chi connectivity index (χ0) is 14.6. The molecule has 4 nitrogen and oxygen atoms in total. The summed E-state index contributed by atoms with van der Waals surface area (Å²) in [6.45, 7) is 5.69. The van der Waals surface area contributed by atoms with E-state index in [2.05, 4.69) is 12.2 Å². The van der Waals surface area contributed by atoms with Gasteiger partial charge in [0.25, 0.3) is 0 Å². The zero-order valence-electron chi connectivity index (χ0n) is 12.8. The molecule has 0 aliphatic rings. The summed E-state index contributed by atoms with van der Waals surface area (Å²) in [5.41, 5.74) is -0.544. The van der Waals surface area contributed by atoms with E-state index in [0.717, 1.165) is 50.3 Å². The molecule has 19 heavy (non-hydrogen) atoms. The van der Waals surface area contributed by atoms with Crippen molar-refractivity contribution in [1.82, 2.24) is 5.32 Å². The van der Waals surface area contributed by atoms with E-state index in [9.17, 15) is 4.79 Å². The average molecular weight is 291 g/mol. The van der Waals surface area contributed by atoms with Crippen LogP contribution in [0.5, 0.6) is 0 Å². The van der Waals surface area contributed by atoms with Gasteiger partial charge >= 0.3 is 5.97 Å². The molecule has 0 aromatic carbocycles. The topological polar surface area (TPSA) is 47.6 Å². The molecule has 114 valence electrons. The number of thioether (sulfide) groups is 1. The van der Waals surface area contributed by atoms with Crippen molar-refractivity contribution in [2.24, 2.45) is 0 Å². The highest BCUT2D eigenvalue weighted by Crippen LogP contribution is 2.17. The van der Waals surface area contributed by atoms with Gasteiger partial charge in [-0.15, -0.1) is 0 Å². The van der Waals surface area contributed by atoms with Crippen LogP contribution in [0.1, 0.15) is 39.5 Å². The van der Waals surface area contributed by atoms with Crippen molar-refractivity contribution in [3.63, 3.8) is 0 Å². The number of carbonyl (C=O) groups excluding carboxylic acids is 1. The lowest BCUT2D eigenvalue weighted by Crippen LogP contribution is -2.50. The maximum atomic E-state index is 11.8. The number of rotatable bonds is 12. The van der Waals surface area contributed by atoms with Gasteiger partial charge in [-0.1, -0.05) is 6.92 Å². The predicted octanol–water partition coefficient (Wildman–Crippen LogP) is 2.47. The Bertz CT molecular complexity index is 239. The van der Waals surface area contributed by atoms with E-state index in [-0.39, 0.29) is 5.97 Å². The maximum absolute atomic E-state index is 11.8. The average Bonchev–Trinajstić information content (AvgIpc) is 2.43. The standard InChI is InChI=1S/C14H29NO3S/c1-5-9-15-14(2,13(16)18-4)8-6-11-19-12-7-10-17-3/h15H,5-12H2,1-4H3. The van der Waals surface area contributed by atoms with Gasteiger partial charge in [-0.3, -0.25) is 4.79 Å². The summed E-state index contributed by atoms with van der Waals surface area (Å²) >= 11 is 1.92. The van der Waals surface area contributed by atoms with E-state index < -0.39 is 5.54 Å². The Morgan fingerprint density at radius 2 is 1.95 bits per heavy atom. The van der Waals surface area contributed by atoms with Gasteiger partial charge in [-0.05, 0) is 50.7 Å². The first-order valence-corrected chi connectivity index (χ1v) is 8.16. The third-order valence-electron chi connectivity index (χ3n) is 3.00. The highest BCUT2D eigenvalue weighted by atomic mass is 32.2. The summed E-state index contributed by atoms with van der Waals surface area (Å²) in [4.78, 5) is 11.8. The molecule has 0 aliphatic heterocycles. The highest BCUT2D eigenvalue weighted by molar-refractivity contribution is 7.99. The molecule has 0 bridgehead atoms. The molecule has 0 fully saturated rings. The van der Waals surface area contributed by atoms with Crippen LogP contribution in [-0.4, -0.2) is 50.4 Å². The van der Waals surface area contributed by atoms with Crippen molar-refractivity contribution in [3.05, 3.63) is 0 Å². The van der Waals surface area contributed by atoms with Crippen molar-refractivity contribution < 1.29 is 14.3 Å². The third kappa shape index (κ3) is 8.50. The SMILES string of the molecule is CCCNC(C)(CCCSCCCOC)C(=O)OC. The summed E-state index contributed by atoms with van der Waals surface area (Å²) in [6.07, 6.45) is 3.93. The molecule has 5 heteroatoms. The predicted molar refractivity (Wildman–Crippen MR) is 81.8 cm³/mol. The van der Waals surface area contributed by atoms with Crippen LogP contribution < -0.4 is 5.32 Å². The molecule has 0 saturated heterocycles. The van der Waals surface area contributed by atoms with Crippen molar-refractivity contribution in [1.29, 1.82) is 0 Å². The summed E-state index contributed by atoms with van der Waals surface area (Å²) < 4.78 is 9.91. The minimum atomic E-state index is -0.544. The number of hydrogen-bond acceptors (Lipinski definition) is 5. The molecular weight excluding hydrogens is 262 g/mol. The number of nitrogens with one attached hydrogen (secondary N) is 1. The van der Waals surface area contributed by atoms with Gasteiger partial charge in [0.1, 0.15) is 5.54 Å². The Hall–Kier alpha value is -0.260. The molecule has 0 aromatic rings. The minimum absolute atomic E-state index is 0.162. The summed E-state index contributed by atoms with van der Waals surface area (Å²) in [5, 5.41) is 3.30. The molecule has 1 unspecified atom stereocenters. The van der Waals surface area contributed by atoms with Crippen LogP contribution in [0.2, 0.25) is 0 Å². The van der Waals surface area contributed by atoms with Crippen LogP contribution in [0.15, 0.2) is 0 Å². The van der Waals surface area contributed by atoms with Crippen molar-refractivity contribution in [2.75, 3.05) is 38.9 Å². The summed E-state index contributed by atoms with van der Waals surface area (Å²) in [6, 6.07) is 0. The molecular formula is C14H29NO3S. The number of esters is 1. The molecule has 1 atom stereocenters. The van der Waals surface area contributed by atoms with Crippen LogP contribution >= 0.6 is 11.8 Å². The van der Waals surface area contributed by atoms with Gasteiger partial charge in [0.05, 0.1) is 7.11 Å². The Morgan fingerprint density at radius 1 is 1.26 bits per heavy atom. The lowest BCUT2D eigenvalue weighted by Gasteiger charge is -2.28. The van der Waals surface area contributed by atoms with E-state index in [1.165, 1.54) is 7.11 Å². The number of carbonyl (C=O) groups is 1. The number of ether oxygens (including phenoxy) is 2. The van der Waals surface area contributed by atoms with Crippen molar-refractivity contribution in [3.8, 4) is 0 Å². The zero-order valence-corrected chi connectivity index (χ0v) is 13.6. The lowest BCUT2D eigenvalue weighted by atomic mass is 9.96. The highest BCUT2D eigenvalue weighted by Gasteiger charge is 2.32. The van der Waals surface area contributed by atoms with Gasteiger partial charge < -0.3 is 14.8 Å². The Labute approximate surface area is 122 Å². The lowest BCUT2D eigenvalue weighted by molar-refractivity contribution is -0.148. The second-order valence-electron chi connectivity index (χ2n) is 4.81. The van der Waals surface area contributed by atoms with E-state index in [4.69, 9.17) is 9.47 Å². The Kier molecular flexibility index (Phi) is 11.4. The normalized spacial score (nSPS) is 14.1. The molecule has 0 radical (unpaired) electrons. The van der Waals surface area contributed by atoms with E-state index >= 15 is 0 Å². The second-order valence-corrected chi connectivity index (χ2v) is 6.04. The quantitative estimate of drug-likeness (QED) is 0.442. The van der Waals surface area contributed by atoms with Gasteiger partial charge in [-0.25, -0.2) is 0 Å². The maximum Gasteiger partial charge on any atom is 0.325 e. The van der Waals surface area contributed by atoms with Gasteiger partial charge in [-0.2, -0.15) is 11.8 Å². The Balaban J connectivity index is 3.89. The van der Waals surface area contributed by atoms with Crippen LogP contribution in [0.4, 0.5) is 0 Å². The van der Waals surface area contributed by atoms with Crippen molar-refractivity contribution in [2.45, 2.75) is 45.1 Å². The molecule has 0 amide bonds. The molecule has 1 N–H and O–H groups in total.